The van der Waals surface area contributed by atoms with E-state index in [1.165, 1.54) is 0 Å². The van der Waals surface area contributed by atoms with Crippen LogP contribution < -0.4 is 9.46 Å². The van der Waals surface area contributed by atoms with Crippen LogP contribution >= 0.6 is 0 Å². The Morgan fingerprint density at radius 2 is 1.57 bits per heavy atom. The molecular formula is C16H19NO3S. The smallest absolute Gasteiger partial charge is 0.241 e. The number of aryl methyl sites for hydroxylation is 1. The lowest BCUT2D eigenvalue weighted by Gasteiger charge is -2.15. The highest BCUT2D eigenvalue weighted by Crippen LogP contribution is 2.20. The monoisotopic (exact) mass is 305 g/mol. The molecule has 0 aliphatic heterocycles. The van der Waals surface area contributed by atoms with E-state index in [0.717, 1.165) is 16.9 Å². The maximum absolute atomic E-state index is 12.3. The van der Waals surface area contributed by atoms with E-state index in [1.54, 1.807) is 31.4 Å². The molecule has 0 saturated heterocycles. The zero-order valence-electron chi connectivity index (χ0n) is 12.3. The first-order valence-corrected chi connectivity index (χ1v) is 8.13. The van der Waals surface area contributed by atoms with Crippen LogP contribution in [0.25, 0.3) is 0 Å². The Morgan fingerprint density at radius 1 is 1.00 bits per heavy atom. The third kappa shape index (κ3) is 3.83. The van der Waals surface area contributed by atoms with Gasteiger partial charge in [-0.15, -0.1) is 0 Å². The van der Waals surface area contributed by atoms with Crippen LogP contribution in [-0.2, 0) is 10.0 Å². The van der Waals surface area contributed by atoms with E-state index in [0.29, 0.717) is 0 Å². The van der Waals surface area contributed by atoms with Crippen LogP contribution in [0.4, 0.5) is 0 Å². The zero-order chi connectivity index (χ0) is 15.5. The average Bonchev–Trinajstić information content (AvgIpc) is 2.47. The van der Waals surface area contributed by atoms with E-state index in [4.69, 9.17) is 4.74 Å². The molecule has 2 aromatic rings. The molecule has 112 valence electrons. The predicted molar refractivity (Wildman–Crippen MR) is 82.9 cm³/mol. The summed E-state index contributed by atoms with van der Waals surface area (Å²) in [5.74, 6) is 0.743. The van der Waals surface area contributed by atoms with E-state index < -0.39 is 10.0 Å². The van der Waals surface area contributed by atoms with Gasteiger partial charge in [-0.25, -0.2) is 13.1 Å². The van der Waals surface area contributed by atoms with Gasteiger partial charge in [0.05, 0.1) is 12.0 Å². The number of hydrogen-bond acceptors (Lipinski definition) is 3. The number of sulfonamides is 1. The van der Waals surface area contributed by atoms with Crippen LogP contribution in [0.15, 0.2) is 53.4 Å². The molecule has 0 fully saturated rings. The molecule has 0 spiro atoms. The Bertz CT molecular complexity index is 691. The van der Waals surface area contributed by atoms with Gasteiger partial charge in [0.2, 0.25) is 10.0 Å². The van der Waals surface area contributed by atoms with Crippen molar-refractivity contribution in [1.82, 2.24) is 4.72 Å². The maximum Gasteiger partial charge on any atom is 0.241 e. The zero-order valence-corrected chi connectivity index (χ0v) is 13.1. The van der Waals surface area contributed by atoms with Gasteiger partial charge in [-0.2, -0.15) is 0 Å². The van der Waals surface area contributed by atoms with Gasteiger partial charge in [-0.1, -0.05) is 29.8 Å². The molecule has 0 heterocycles. The summed E-state index contributed by atoms with van der Waals surface area (Å²) in [7, 11) is -1.93. The Hall–Kier alpha value is -1.85. The molecule has 4 nitrogen and oxygen atoms in total. The van der Waals surface area contributed by atoms with Crippen molar-refractivity contribution >= 4 is 10.0 Å². The second kappa shape index (κ2) is 6.28. The fourth-order valence-electron chi connectivity index (χ4n) is 1.98. The number of rotatable bonds is 5. The van der Waals surface area contributed by atoms with E-state index >= 15 is 0 Å². The minimum atomic E-state index is -3.52. The van der Waals surface area contributed by atoms with Crippen molar-refractivity contribution in [1.29, 1.82) is 0 Å². The molecule has 0 bridgehead atoms. The highest BCUT2D eigenvalue weighted by Gasteiger charge is 2.18. The molecule has 1 atom stereocenters. The normalized spacial score (nSPS) is 12.9. The SMILES string of the molecule is COc1ccc([C@H](C)NS(=O)(=O)c2ccc(C)cc2)cc1. The summed E-state index contributed by atoms with van der Waals surface area (Å²) in [6.07, 6.45) is 0. The number of nitrogens with one attached hydrogen (secondary N) is 1. The summed E-state index contributed by atoms with van der Waals surface area (Å²) in [5, 5.41) is 0. The Morgan fingerprint density at radius 3 is 2.10 bits per heavy atom. The van der Waals surface area contributed by atoms with Crippen molar-refractivity contribution in [3.05, 3.63) is 59.7 Å². The fourth-order valence-corrected chi connectivity index (χ4v) is 3.21. The minimum absolute atomic E-state index is 0.272. The van der Waals surface area contributed by atoms with Crippen LogP contribution in [0.2, 0.25) is 0 Å². The molecule has 0 aliphatic carbocycles. The molecule has 0 aromatic heterocycles. The van der Waals surface area contributed by atoms with Crippen LogP contribution in [0.1, 0.15) is 24.1 Å². The van der Waals surface area contributed by atoms with Gasteiger partial charge >= 0.3 is 0 Å². The molecule has 2 aromatic carbocycles. The molecule has 21 heavy (non-hydrogen) atoms. The second-order valence-corrected chi connectivity index (χ2v) is 6.64. The Kier molecular flexibility index (Phi) is 4.65. The van der Waals surface area contributed by atoms with E-state index in [1.807, 2.05) is 38.1 Å². The van der Waals surface area contributed by atoms with Crippen molar-refractivity contribution in [3.63, 3.8) is 0 Å². The average molecular weight is 305 g/mol. The van der Waals surface area contributed by atoms with Gasteiger partial charge in [-0.3, -0.25) is 0 Å². The van der Waals surface area contributed by atoms with Crippen molar-refractivity contribution in [3.8, 4) is 5.75 Å². The van der Waals surface area contributed by atoms with E-state index in [2.05, 4.69) is 4.72 Å². The number of benzene rings is 2. The van der Waals surface area contributed by atoms with Gasteiger partial charge in [0.1, 0.15) is 5.75 Å². The predicted octanol–water partition coefficient (Wildman–Crippen LogP) is 3.04. The molecule has 2 rings (SSSR count). The summed E-state index contributed by atoms with van der Waals surface area (Å²) in [6.45, 7) is 3.73. The van der Waals surface area contributed by atoms with Crippen LogP contribution in [0.5, 0.6) is 5.75 Å². The molecule has 1 N–H and O–H groups in total. The highest BCUT2D eigenvalue weighted by molar-refractivity contribution is 7.89. The largest absolute Gasteiger partial charge is 0.497 e. The van der Waals surface area contributed by atoms with Crippen molar-refractivity contribution in [2.45, 2.75) is 24.8 Å². The van der Waals surface area contributed by atoms with Crippen molar-refractivity contribution < 1.29 is 13.2 Å². The molecule has 0 radical (unpaired) electrons. The lowest BCUT2D eigenvalue weighted by Crippen LogP contribution is -2.26. The second-order valence-electron chi connectivity index (χ2n) is 4.93. The Labute approximate surface area is 125 Å². The first kappa shape index (κ1) is 15.5. The molecule has 0 aliphatic rings. The van der Waals surface area contributed by atoms with Crippen LogP contribution in [-0.4, -0.2) is 15.5 Å². The molecule has 0 amide bonds. The standard InChI is InChI=1S/C16H19NO3S/c1-12-4-10-16(11-5-12)21(18,19)17-13(2)14-6-8-15(20-3)9-7-14/h4-11,13,17H,1-3H3/t13-/m0/s1. The molecule has 0 unspecified atom stereocenters. The molecular weight excluding hydrogens is 286 g/mol. The van der Waals surface area contributed by atoms with Gasteiger partial charge in [-0.05, 0) is 43.7 Å². The van der Waals surface area contributed by atoms with Crippen LogP contribution in [0.3, 0.4) is 0 Å². The summed E-state index contributed by atoms with van der Waals surface area (Å²) in [6, 6.07) is 13.8. The summed E-state index contributed by atoms with van der Waals surface area (Å²) < 4.78 is 32.4. The Balaban J connectivity index is 2.17. The highest BCUT2D eigenvalue weighted by atomic mass is 32.2. The number of hydrogen-bond donors (Lipinski definition) is 1. The lowest BCUT2D eigenvalue weighted by molar-refractivity contribution is 0.414. The first-order valence-electron chi connectivity index (χ1n) is 6.65. The van der Waals surface area contributed by atoms with Gasteiger partial charge in [0, 0.05) is 6.04 Å². The number of methoxy groups -OCH3 is 1. The topological polar surface area (TPSA) is 55.4 Å². The van der Waals surface area contributed by atoms with E-state index in [9.17, 15) is 8.42 Å². The number of ether oxygens (including phenoxy) is 1. The lowest BCUT2D eigenvalue weighted by atomic mass is 10.1. The van der Waals surface area contributed by atoms with Crippen molar-refractivity contribution in [2.75, 3.05) is 7.11 Å². The van der Waals surface area contributed by atoms with Gasteiger partial charge < -0.3 is 4.74 Å². The third-order valence-corrected chi connectivity index (χ3v) is 4.84. The minimum Gasteiger partial charge on any atom is -0.497 e. The fraction of sp³-hybridized carbons (Fsp3) is 0.250. The van der Waals surface area contributed by atoms with E-state index in [-0.39, 0.29) is 10.9 Å². The first-order chi connectivity index (χ1) is 9.92. The van der Waals surface area contributed by atoms with Gasteiger partial charge in [0.25, 0.3) is 0 Å². The van der Waals surface area contributed by atoms with Crippen LogP contribution in [0, 0.1) is 6.92 Å². The summed E-state index contributed by atoms with van der Waals surface area (Å²) in [5.41, 5.74) is 1.91. The van der Waals surface area contributed by atoms with Gasteiger partial charge in [0.15, 0.2) is 0 Å². The summed E-state index contributed by atoms with van der Waals surface area (Å²) >= 11 is 0. The van der Waals surface area contributed by atoms with Crippen molar-refractivity contribution in [2.24, 2.45) is 0 Å². The quantitative estimate of drug-likeness (QED) is 0.923. The summed E-state index contributed by atoms with van der Waals surface area (Å²) in [4.78, 5) is 0.272. The molecule has 0 saturated carbocycles. The molecule has 5 heteroatoms. The maximum atomic E-state index is 12.3. The third-order valence-electron chi connectivity index (χ3n) is 3.28.